The molecule has 0 saturated heterocycles. The van der Waals surface area contributed by atoms with Crippen LogP contribution in [0, 0.1) is 0 Å². The predicted octanol–water partition coefficient (Wildman–Crippen LogP) is 2.23. The summed E-state index contributed by atoms with van der Waals surface area (Å²) in [6, 6.07) is 13.6. The maximum absolute atomic E-state index is 12.1. The monoisotopic (exact) mass is 465 g/mol. The van der Waals surface area contributed by atoms with Crippen molar-refractivity contribution >= 4 is 39.3 Å². The minimum absolute atomic E-state index is 0.0633. The molecule has 1 heterocycles. The van der Waals surface area contributed by atoms with Crippen molar-refractivity contribution in [3.63, 3.8) is 0 Å². The molecule has 1 amide bonds. The summed E-state index contributed by atoms with van der Waals surface area (Å²) in [7, 11) is -1.86. The van der Waals surface area contributed by atoms with Gasteiger partial charge in [0, 0.05) is 24.2 Å². The standard InChI is InChI=1S/C19H20ClN5O3S2/c1-25-18(14-4-6-15(20)7-5-14)23-24-19(25)29-12-17(26)22-11-10-13-2-8-16(9-3-13)30(21,27)28/h2-9H,10-12H2,1H3,(H,22,26)(H2,21,27,28). The van der Waals surface area contributed by atoms with Crippen molar-refractivity contribution in [2.75, 3.05) is 12.3 Å². The van der Waals surface area contributed by atoms with Gasteiger partial charge < -0.3 is 9.88 Å². The number of hydrogen-bond donors (Lipinski definition) is 2. The molecule has 0 unspecified atom stereocenters. The van der Waals surface area contributed by atoms with Crippen LogP contribution in [0.4, 0.5) is 0 Å². The second-order valence-electron chi connectivity index (χ2n) is 6.45. The molecular weight excluding hydrogens is 446 g/mol. The van der Waals surface area contributed by atoms with Gasteiger partial charge in [0.25, 0.3) is 0 Å². The summed E-state index contributed by atoms with van der Waals surface area (Å²) in [5.74, 6) is 0.770. The van der Waals surface area contributed by atoms with Crippen LogP contribution in [-0.4, -0.2) is 41.4 Å². The van der Waals surface area contributed by atoms with Gasteiger partial charge in [0.2, 0.25) is 15.9 Å². The third-order valence-electron chi connectivity index (χ3n) is 4.26. The molecule has 0 aliphatic carbocycles. The summed E-state index contributed by atoms with van der Waals surface area (Å²) in [5, 5.41) is 17.5. The Balaban J connectivity index is 1.48. The fourth-order valence-corrected chi connectivity index (χ4v) is 4.05. The average molecular weight is 466 g/mol. The first-order valence-electron chi connectivity index (χ1n) is 8.90. The van der Waals surface area contributed by atoms with E-state index in [0.717, 1.165) is 11.1 Å². The maximum atomic E-state index is 12.1. The molecule has 158 valence electrons. The summed E-state index contributed by atoms with van der Waals surface area (Å²) in [6.45, 7) is 0.433. The number of carbonyl (C=O) groups is 1. The molecule has 0 saturated carbocycles. The number of aromatic nitrogens is 3. The van der Waals surface area contributed by atoms with Crippen molar-refractivity contribution in [2.45, 2.75) is 16.5 Å². The number of hydrogen-bond acceptors (Lipinski definition) is 6. The molecule has 0 fully saturated rings. The Labute approximate surface area is 183 Å². The Morgan fingerprint density at radius 3 is 2.43 bits per heavy atom. The van der Waals surface area contributed by atoms with E-state index in [0.29, 0.717) is 29.0 Å². The highest BCUT2D eigenvalue weighted by Gasteiger charge is 2.13. The highest BCUT2D eigenvalue weighted by atomic mass is 35.5. The number of sulfonamides is 1. The van der Waals surface area contributed by atoms with Crippen molar-refractivity contribution in [1.82, 2.24) is 20.1 Å². The second-order valence-corrected chi connectivity index (χ2v) is 9.39. The number of nitrogens with two attached hydrogens (primary N) is 1. The van der Waals surface area contributed by atoms with Gasteiger partial charge in [-0.3, -0.25) is 4.79 Å². The lowest BCUT2D eigenvalue weighted by molar-refractivity contribution is -0.118. The van der Waals surface area contributed by atoms with Crippen LogP contribution in [0.3, 0.4) is 0 Å². The number of halogens is 1. The van der Waals surface area contributed by atoms with Crippen molar-refractivity contribution in [2.24, 2.45) is 12.2 Å². The fraction of sp³-hybridized carbons (Fsp3) is 0.211. The smallest absolute Gasteiger partial charge is 0.238 e. The Kier molecular flexibility index (Phi) is 7.14. The van der Waals surface area contributed by atoms with Gasteiger partial charge in [-0.15, -0.1) is 10.2 Å². The number of thioether (sulfide) groups is 1. The zero-order valence-electron chi connectivity index (χ0n) is 16.1. The topological polar surface area (TPSA) is 120 Å². The third-order valence-corrected chi connectivity index (χ3v) is 6.46. The number of rotatable bonds is 8. The van der Waals surface area contributed by atoms with E-state index in [2.05, 4.69) is 15.5 Å². The molecule has 1 aromatic heterocycles. The highest BCUT2D eigenvalue weighted by Crippen LogP contribution is 2.23. The molecule has 30 heavy (non-hydrogen) atoms. The van der Waals surface area contributed by atoms with E-state index in [1.807, 2.05) is 23.7 Å². The highest BCUT2D eigenvalue weighted by molar-refractivity contribution is 7.99. The summed E-state index contributed by atoms with van der Waals surface area (Å²) in [4.78, 5) is 12.2. The number of benzene rings is 2. The normalized spacial score (nSPS) is 11.4. The third kappa shape index (κ3) is 5.82. The van der Waals surface area contributed by atoms with Crippen LogP contribution in [-0.2, 0) is 28.3 Å². The van der Waals surface area contributed by atoms with Gasteiger partial charge in [-0.2, -0.15) is 0 Å². The zero-order valence-corrected chi connectivity index (χ0v) is 18.5. The molecule has 3 aromatic rings. The fourth-order valence-electron chi connectivity index (χ4n) is 2.66. The van der Waals surface area contributed by atoms with Crippen molar-refractivity contribution in [3.8, 4) is 11.4 Å². The molecule has 0 aliphatic heterocycles. The quantitative estimate of drug-likeness (QED) is 0.492. The lowest BCUT2D eigenvalue weighted by Crippen LogP contribution is -2.27. The summed E-state index contributed by atoms with van der Waals surface area (Å²) < 4.78 is 24.3. The number of amides is 1. The Morgan fingerprint density at radius 2 is 1.80 bits per heavy atom. The van der Waals surface area contributed by atoms with Crippen LogP contribution in [0.2, 0.25) is 5.02 Å². The van der Waals surface area contributed by atoms with Crippen molar-refractivity contribution < 1.29 is 13.2 Å². The molecule has 0 radical (unpaired) electrons. The van der Waals surface area contributed by atoms with Gasteiger partial charge in [-0.1, -0.05) is 35.5 Å². The summed E-state index contributed by atoms with van der Waals surface area (Å²) in [5.41, 5.74) is 1.79. The van der Waals surface area contributed by atoms with E-state index >= 15 is 0 Å². The van der Waals surface area contributed by atoms with Gasteiger partial charge in [-0.05, 0) is 48.4 Å². The molecule has 0 aliphatic rings. The second kappa shape index (κ2) is 9.61. The first kappa shape index (κ1) is 22.3. The van der Waals surface area contributed by atoms with Crippen LogP contribution < -0.4 is 10.5 Å². The lowest BCUT2D eigenvalue weighted by atomic mass is 10.1. The maximum Gasteiger partial charge on any atom is 0.238 e. The van der Waals surface area contributed by atoms with Gasteiger partial charge >= 0.3 is 0 Å². The molecule has 3 N–H and O–H groups in total. The van der Waals surface area contributed by atoms with Gasteiger partial charge in [0.1, 0.15) is 0 Å². The van der Waals surface area contributed by atoms with Gasteiger partial charge in [0.15, 0.2) is 11.0 Å². The van der Waals surface area contributed by atoms with E-state index in [1.54, 1.807) is 24.3 Å². The summed E-state index contributed by atoms with van der Waals surface area (Å²) >= 11 is 7.21. The van der Waals surface area contributed by atoms with E-state index in [4.69, 9.17) is 16.7 Å². The Hall–Kier alpha value is -2.40. The first-order valence-corrected chi connectivity index (χ1v) is 11.8. The Bertz CT molecular complexity index is 1130. The van der Waals surface area contributed by atoms with Crippen LogP contribution in [0.1, 0.15) is 5.56 Å². The van der Waals surface area contributed by atoms with E-state index in [9.17, 15) is 13.2 Å². The number of nitrogens with one attached hydrogen (secondary N) is 1. The SMILES string of the molecule is Cn1c(SCC(=O)NCCc2ccc(S(N)(=O)=O)cc2)nnc1-c1ccc(Cl)cc1. The first-order chi connectivity index (χ1) is 14.2. The van der Waals surface area contributed by atoms with Gasteiger partial charge in [0.05, 0.1) is 10.6 Å². The molecule has 0 atom stereocenters. The average Bonchev–Trinajstić information content (AvgIpc) is 3.07. The molecule has 8 nitrogen and oxygen atoms in total. The minimum atomic E-state index is -3.70. The largest absolute Gasteiger partial charge is 0.355 e. The van der Waals surface area contributed by atoms with Crippen molar-refractivity contribution in [3.05, 3.63) is 59.1 Å². The number of nitrogens with zero attached hydrogens (tertiary/aromatic N) is 3. The predicted molar refractivity (Wildman–Crippen MR) is 117 cm³/mol. The molecule has 2 aromatic carbocycles. The van der Waals surface area contributed by atoms with Crippen LogP contribution in [0.25, 0.3) is 11.4 Å². The van der Waals surface area contributed by atoms with Crippen molar-refractivity contribution in [1.29, 1.82) is 0 Å². The van der Waals surface area contributed by atoms with Crippen LogP contribution in [0.15, 0.2) is 58.6 Å². The summed E-state index contributed by atoms with van der Waals surface area (Å²) in [6.07, 6.45) is 0.575. The molecule has 11 heteroatoms. The molecule has 3 rings (SSSR count). The van der Waals surface area contributed by atoms with E-state index in [-0.39, 0.29) is 16.6 Å². The van der Waals surface area contributed by atoms with E-state index in [1.165, 1.54) is 23.9 Å². The minimum Gasteiger partial charge on any atom is -0.355 e. The van der Waals surface area contributed by atoms with Crippen LogP contribution >= 0.6 is 23.4 Å². The number of carbonyl (C=O) groups excluding carboxylic acids is 1. The van der Waals surface area contributed by atoms with Crippen LogP contribution in [0.5, 0.6) is 0 Å². The molecule has 0 bridgehead atoms. The molecular formula is C19H20ClN5O3S2. The Morgan fingerprint density at radius 1 is 1.13 bits per heavy atom. The van der Waals surface area contributed by atoms with E-state index < -0.39 is 10.0 Å². The zero-order chi connectivity index (χ0) is 21.7. The van der Waals surface area contributed by atoms with Gasteiger partial charge in [-0.25, -0.2) is 13.6 Å². The number of primary sulfonamides is 1. The lowest BCUT2D eigenvalue weighted by Gasteiger charge is -2.06. The molecule has 0 spiro atoms.